The number of carbonyl (C=O) groups excluding carboxylic acids is 1. The first-order chi connectivity index (χ1) is 9.54. The Morgan fingerprint density at radius 3 is 2.55 bits per heavy atom. The molecule has 0 amide bonds. The Kier molecular flexibility index (Phi) is 5.81. The van der Waals surface area contributed by atoms with Crippen LogP contribution in [-0.4, -0.2) is 11.5 Å². The summed E-state index contributed by atoms with van der Waals surface area (Å²) in [5.41, 5.74) is 0.438. The molecule has 0 aromatic heterocycles. The molecule has 0 N–H and O–H groups in total. The highest BCUT2D eigenvalue weighted by Crippen LogP contribution is 2.23. The Morgan fingerprint density at radius 2 is 1.85 bits per heavy atom. The molecular formula is C15H11Br2FOS. The number of carbonyl (C=O) groups is 1. The Balaban J connectivity index is 1.92. The van der Waals surface area contributed by atoms with E-state index in [1.807, 2.05) is 24.3 Å². The second-order valence-corrected chi connectivity index (χ2v) is 7.08. The standard InChI is InChI=1S/C15H11Br2FOS/c16-11-2-1-3-14(7-11)20-9-13(19)6-10-4-5-12(17)8-15(10)18/h1-5,7-8H,6,9H2. The van der Waals surface area contributed by atoms with Crippen molar-refractivity contribution in [3.8, 4) is 0 Å². The highest BCUT2D eigenvalue weighted by atomic mass is 79.9. The molecule has 104 valence electrons. The van der Waals surface area contributed by atoms with Crippen LogP contribution in [0.3, 0.4) is 0 Å². The lowest BCUT2D eigenvalue weighted by atomic mass is 10.1. The maximum absolute atomic E-state index is 13.6. The Labute approximate surface area is 138 Å². The average molecular weight is 418 g/mol. The summed E-state index contributed by atoms with van der Waals surface area (Å²) < 4.78 is 15.3. The molecule has 0 atom stereocenters. The van der Waals surface area contributed by atoms with Crippen molar-refractivity contribution >= 4 is 49.4 Å². The summed E-state index contributed by atoms with van der Waals surface area (Å²) in [4.78, 5) is 12.9. The van der Waals surface area contributed by atoms with Crippen LogP contribution in [0.4, 0.5) is 4.39 Å². The van der Waals surface area contributed by atoms with Gasteiger partial charge in [0.05, 0.1) is 5.75 Å². The number of thioether (sulfide) groups is 1. The third-order valence-electron chi connectivity index (χ3n) is 2.60. The van der Waals surface area contributed by atoms with Gasteiger partial charge in [-0.25, -0.2) is 4.39 Å². The van der Waals surface area contributed by atoms with Gasteiger partial charge in [0, 0.05) is 20.3 Å². The number of benzene rings is 2. The molecule has 0 saturated carbocycles. The van der Waals surface area contributed by atoms with Crippen LogP contribution in [0.5, 0.6) is 0 Å². The van der Waals surface area contributed by atoms with E-state index in [4.69, 9.17) is 0 Å². The van der Waals surface area contributed by atoms with E-state index in [1.165, 1.54) is 17.8 Å². The van der Waals surface area contributed by atoms with Crippen molar-refractivity contribution < 1.29 is 9.18 Å². The van der Waals surface area contributed by atoms with E-state index in [-0.39, 0.29) is 18.0 Å². The quantitative estimate of drug-likeness (QED) is 0.617. The van der Waals surface area contributed by atoms with Gasteiger partial charge in [-0.15, -0.1) is 11.8 Å². The van der Waals surface area contributed by atoms with E-state index < -0.39 is 0 Å². The fraction of sp³-hybridized carbons (Fsp3) is 0.133. The fourth-order valence-corrected chi connectivity index (χ4v) is 3.35. The minimum absolute atomic E-state index is 0.0104. The number of Topliss-reactive ketones (excluding diaryl/α,β-unsaturated/α-hetero) is 1. The predicted octanol–water partition coefficient (Wildman–Crippen LogP) is 5.25. The van der Waals surface area contributed by atoms with Crippen molar-refractivity contribution in [2.24, 2.45) is 0 Å². The van der Waals surface area contributed by atoms with Gasteiger partial charge >= 0.3 is 0 Å². The predicted molar refractivity (Wildman–Crippen MR) is 87.7 cm³/mol. The molecule has 20 heavy (non-hydrogen) atoms. The summed E-state index contributed by atoms with van der Waals surface area (Å²) in [6.45, 7) is 0. The van der Waals surface area contributed by atoms with E-state index in [1.54, 1.807) is 12.1 Å². The lowest BCUT2D eigenvalue weighted by molar-refractivity contribution is -0.116. The normalized spacial score (nSPS) is 10.6. The monoisotopic (exact) mass is 416 g/mol. The van der Waals surface area contributed by atoms with Crippen LogP contribution in [-0.2, 0) is 11.2 Å². The molecule has 0 radical (unpaired) electrons. The third-order valence-corrected chi connectivity index (χ3v) is 4.64. The van der Waals surface area contributed by atoms with Crippen LogP contribution in [0.25, 0.3) is 0 Å². The van der Waals surface area contributed by atoms with Gasteiger partial charge < -0.3 is 0 Å². The van der Waals surface area contributed by atoms with Crippen molar-refractivity contribution in [2.75, 3.05) is 5.75 Å². The summed E-state index contributed by atoms with van der Waals surface area (Å²) in [7, 11) is 0. The topological polar surface area (TPSA) is 17.1 Å². The number of halogens is 3. The maximum Gasteiger partial charge on any atom is 0.147 e. The molecule has 2 aromatic carbocycles. The van der Waals surface area contributed by atoms with E-state index in [0.29, 0.717) is 15.8 Å². The average Bonchev–Trinajstić information content (AvgIpc) is 2.40. The van der Waals surface area contributed by atoms with Crippen LogP contribution >= 0.6 is 43.6 Å². The molecule has 0 heterocycles. The molecule has 0 bridgehead atoms. The Hall–Kier alpha value is -0.650. The van der Waals surface area contributed by atoms with Gasteiger partial charge in [-0.05, 0) is 35.9 Å². The lowest BCUT2D eigenvalue weighted by Gasteiger charge is -2.04. The summed E-state index contributed by atoms with van der Waals surface area (Å²) >= 11 is 8.04. The zero-order valence-corrected chi connectivity index (χ0v) is 14.4. The molecule has 1 nitrogen and oxygen atoms in total. The molecule has 0 unspecified atom stereocenters. The number of hydrogen-bond donors (Lipinski definition) is 0. The first kappa shape index (κ1) is 15.7. The SMILES string of the molecule is O=C(CSc1cccc(Br)c1)Cc1ccc(Br)cc1F. The third kappa shape index (κ3) is 4.72. The van der Waals surface area contributed by atoms with Gasteiger partial charge in [0.1, 0.15) is 11.6 Å². The van der Waals surface area contributed by atoms with Crippen molar-refractivity contribution in [3.05, 3.63) is 62.8 Å². The van der Waals surface area contributed by atoms with Crippen LogP contribution in [0, 0.1) is 5.82 Å². The molecule has 0 fully saturated rings. The molecule has 0 saturated heterocycles. The van der Waals surface area contributed by atoms with E-state index in [9.17, 15) is 9.18 Å². The van der Waals surface area contributed by atoms with E-state index in [2.05, 4.69) is 31.9 Å². The van der Waals surface area contributed by atoms with Crippen LogP contribution in [0.15, 0.2) is 56.3 Å². The van der Waals surface area contributed by atoms with Gasteiger partial charge in [-0.2, -0.15) is 0 Å². The lowest BCUT2D eigenvalue weighted by Crippen LogP contribution is -2.07. The van der Waals surface area contributed by atoms with Crippen molar-refractivity contribution in [1.82, 2.24) is 0 Å². The maximum atomic E-state index is 13.6. The Bertz CT molecular complexity index is 631. The van der Waals surface area contributed by atoms with Gasteiger partial charge in [-0.1, -0.05) is 44.0 Å². The number of rotatable bonds is 5. The molecule has 0 aliphatic heterocycles. The number of hydrogen-bond acceptors (Lipinski definition) is 2. The Morgan fingerprint density at radius 1 is 1.10 bits per heavy atom. The van der Waals surface area contributed by atoms with Crippen molar-refractivity contribution in [2.45, 2.75) is 11.3 Å². The second kappa shape index (κ2) is 7.38. The van der Waals surface area contributed by atoms with Gasteiger partial charge in [0.2, 0.25) is 0 Å². The minimum Gasteiger partial charge on any atom is -0.298 e. The van der Waals surface area contributed by atoms with Gasteiger partial charge in [0.25, 0.3) is 0 Å². The van der Waals surface area contributed by atoms with E-state index in [0.717, 1.165) is 9.37 Å². The largest absolute Gasteiger partial charge is 0.298 e. The van der Waals surface area contributed by atoms with Gasteiger partial charge in [-0.3, -0.25) is 4.79 Å². The molecule has 0 spiro atoms. The zero-order valence-electron chi connectivity index (χ0n) is 10.4. The van der Waals surface area contributed by atoms with Crippen LogP contribution in [0.1, 0.15) is 5.56 Å². The van der Waals surface area contributed by atoms with Crippen molar-refractivity contribution in [3.63, 3.8) is 0 Å². The highest BCUT2D eigenvalue weighted by Gasteiger charge is 2.09. The second-order valence-electron chi connectivity index (χ2n) is 4.20. The fourth-order valence-electron chi connectivity index (χ4n) is 1.65. The molecule has 0 aliphatic rings. The summed E-state index contributed by atoms with van der Waals surface area (Å²) in [6.07, 6.45) is 0.125. The zero-order chi connectivity index (χ0) is 14.5. The van der Waals surface area contributed by atoms with Crippen LogP contribution in [0.2, 0.25) is 0 Å². The minimum atomic E-state index is -0.347. The summed E-state index contributed by atoms with van der Waals surface area (Å²) in [6, 6.07) is 12.5. The first-order valence-electron chi connectivity index (χ1n) is 5.88. The smallest absolute Gasteiger partial charge is 0.147 e. The highest BCUT2D eigenvalue weighted by molar-refractivity contribution is 9.10. The molecule has 2 rings (SSSR count). The summed E-state index contributed by atoms with van der Waals surface area (Å²) in [5, 5.41) is 0. The number of ketones is 1. The molecule has 0 aliphatic carbocycles. The first-order valence-corrected chi connectivity index (χ1v) is 8.46. The molecule has 2 aromatic rings. The molecule has 5 heteroatoms. The van der Waals surface area contributed by atoms with Crippen molar-refractivity contribution in [1.29, 1.82) is 0 Å². The molecular weight excluding hydrogens is 407 g/mol. The van der Waals surface area contributed by atoms with E-state index >= 15 is 0 Å². The van der Waals surface area contributed by atoms with Gasteiger partial charge in [0.15, 0.2) is 0 Å². The summed E-state index contributed by atoms with van der Waals surface area (Å²) in [5.74, 6) is 0.00256. The van der Waals surface area contributed by atoms with Crippen LogP contribution < -0.4 is 0 Å².